The minimum absolute atomic E-state index is 0.0772. The van der Waals surface area contributed by atoms with Crippen LogP contribution in [0.2, 0.25) is 0 Å². The van der Waals surface area contributed by atoms with Crippen molar-refractivity contribution in [3.8, 4) is 5.75 Å². The average Bonchev–Trinajstić information content (AvgIpc) is 2.46. The fraction of sp³-hybridized carbons (Fsp3) is 0.154. The first-order chi connectivity index (χ1) is 9.17. The van der Waals surface area contributed by atoms with Gasteiger partial charge in [0.05, 0.1) is 14.2 Å². The molecule has 1 heterocycles. The molecule has 1 aliphatic heterocycles. The van der Waals surface area contributed by atoms with E-state index in [1.54, 1.807) is 24.3 Å². The number of hydrogen-bond acceptors (Lipinski definition) is 6. The van der Waals surface area contributed by atoms with Crippen LogP contribution in [0.15, 0.2) is 35.5 Å². The fourth-order valence-corrected chi connectivity index (χ4v) is 1.61. The third-order valence-corrected chi connectivity index (χ3v) is 2.51. The van der Waals surface area contributed by atoms with Crippen LogP contribution in [0.4, 0.5) is 0 Å². The Balaban J connectivity index is 2.54. The standard InChI is InChI=1S/C13H11NO5/c1-17-11(15)7-9-8-5-3-4-6-10(8)19-14-12(9)13(16)18-2/h3-7H,1-2H3/b9-7-. The number of oxime groups is 1. The lowest BCUT2D eigenvalue weighted by atomic mass is 9.99. The number of para-hydroxylation sites is 1. The second-order valence-electron chi connectivity index (χ2n) is 3.60. The zero-order valence-corrected chi connectivity index (χ0v) is 10.4. The third kappa shape index (κ3) is 2.47. The molecule has 0 aromatic heterocycles. The van der Waals surface area contributed by atoms with Crippen LogP contribution in [-0.2, 0) is 19.1 Å². The summed E-state index contributed by atoms with van der Waals surface area (Å²) in [6, 6.07) is 6.90. The van der Waals surface area contributed by atoms with Crippen LogP contribution in [0.1, 0.15) is 5.56 Å². The van der Waals surface area contributed by atoms with Crippen LogP contribution in [0.5, 0.6) is 5.75 Å². The highest BCUT2D eigenvalue weighted by molar-refractivity contribution is 6.55. The molecule has 0 amide bonds. The predicted molar refractivity (Wildman–Crippen MR) is 66.5 cm³/mol. The largest absolute Gasteiger partial charge is 0.466 e. The smallest absolute Gasteiger partial charge is 0.360 e. The first kappa shape index (κ1) is 12.8. The highest BCUT2D eigenvalue weighted by Crippen LogP contribution is 2.31. The van der Waals surface area contributed by atoms with Gasteiger partial charge >= 0.3 is 11.9 Å². The number of rotatable bonds is 2. The molecule has 1 aliphatic rings. The molecule has 0 spiro atoms. The Morgan fingerprint density at radius 1 is 1.21 bits per heavy atom. The van der Waals surface area contributed by atoms with E-state index in [0.717, 1.165) is 0 Å². The molecule has 19 heavy (non-hydrogen) atoms. The van der Waals surface area contributed by atoms with Crippen molar-refractivity contribution < 1.29 is 23.9 Å². The monoisotopic (exact) mass is 261 g/mol. The van der Waals surface area contributed by atoms with E-state index in [9.17, 15) is 9.59 Å². The van der Waals surface area contributed by atoms with E-state index in [0.29, 0.717) is 16.9 Å². The molecule has 1 aromatic carbocycles. The topological polar surface area (TPSA) is 74.2 Å². The summed E-state index contributed by atoms with van der Waals surface area (Å²) in [5.74, 6) is -0.835. The first-order valence-corrected chi connectivity index (χ1v) is 5.40. The molecule has 1 aromatic rings. The molecule has 0 unspecified atom stereocenters. The zero-order chi connectivity index (χ0) is 13.8. The Bertz CT molecular complexity index is 588. The van der Waals surface area contributed by atoms with Gasteiger partial charge in [0.25, 0.3) is 0 Å². The van der Waals surface area contributed by atoms with Crippen molar-refractivity contribution in [2.24, 2.45) is 5.16 Å². The lowest BCUT2D eigenvalue weighted by molar-refractivity contribution is -0.134. The van der Waals surface area contributed by atoms with E-state index >= 15 is 0 Å². The van der Waals surface area contributed by atoms with Crippen molar-refractivity contribution >= 4 is 23.2 Å². The second kappa shape index (κ2) is 5.34. The molecule has 0 atom stereocenters. The molecule has 0 bridgehead atoms. The maximum Gasteiger partial charge on any atom is 0.360 e. The van der Waals surface area contributed by atoms with Crippen molar-refractivity contribution in [1.82, 2.24) is 0 Å². The summed E-state index contributed by atoms with van der Waals surface area (Å²) in [5, 5.41) is 3.68. The van der Waals surface area contributed by atoms with E-state index in [2.05, 4.69) is 14.6 Å². The number of carbonyl (C=O) groups is 2. The van der Waals surface area contributed by atoms with Gasteiger partial charge in [0.2, 0.25) is 0 Å². The minimum Gasteiger partial charge on any atom is -0.466 e. The molecule has 6 heteroatoms. The summed E-state index contributed by atoms with van der Waals surface area (Å²) in [6.45, 7) is 0. The highest BCUT2D eigenvalue weighted by Gasteiger charge is 2.27. The number of ether oxygens (including phenoxy) is 2. The van der Waals surface area contributed by atoms with Crippen molar-refractivity contribution in [2.45, 2.75) is 0 Å². The van der Waals surface area contributed by atoms with E-state index in [-0.39, 0.29) is 5.71 Å². The molecular weight excluding hydrogens is 250 g/mol. The average molecular weight is 261 g/mol. The number of benzene rings is 1. The summed E-state index contributed by atoms with van der Waals surface area (Å²) < 4.78 is 9.17. The lowest BCUT2D eigenvalue weighted by Gasteiger charge is -2.16. The summed E-state index contributed by atoms with van der Waals surface area (Å²) in [6.07, 6.45) is 1.18. The van der Waals surface area contributed by atoms with Gasteiger partial charge in [-0.05, 0) is 6.07 Å². The second-order valence-corrected chi connectivity index (χ2v) is 3.60. The maximum atomic E-state index is 11.6. The number of hydrogen-bond donors (Lipinski definition) is 0. The first-order valence-electron chi connectivity index (χ1n) is 5.40. The lowest BCUT2D eigenvalue weighted by Crippen LogP contribution is -2.22. The number of esters is 2. The van der Waals surface area contributed by atoms with Gasteiger partial charge in [-0.3, -0.25) is 0 Å². The summed E-state index contributed by atoms with van der Waals surface area (Å²) in [7, 11) is 2.47. The van der Waals surface area contributed by atoms with Gasteiger partial charge in [0.1, 0.15) is 0 Å². The molecule has 2 rings (SSSR count). The van der Waals surface area contributed by atoms with Gasteiger partial charge < -0.3 is 14.3 Å². The minimum atomic E-state index is -0.690. The van der Waals surface area contributed by atoms with Crippen LogP contribution in [0, 0.1) is 0 Å². The van der Waals surface area contributed by atoms with Crippen LogP contribution < -0.4 is 4.84 Å². The maximum absolute atomic E-state index is 11.6. The molecule has 98 valence electrons. The Labute approximate surface area is 109 Å². The van der Waals surface area contributed by atoms with Gasteiger partial charge in [0.15, 0.2) is 11.5 Å². The molecule has 6 nitrogen and oxygen atoms in total. The van der Waals surface area contributed by atoms with E-state index in [1.165, 1.54) is 20.3 Å². The molecular formula is C13H11NO5. The SMILES string of the molecule is COC(=O)/C=C1\C(C(=O)OC)=NOc2ccccc21. The van der Waals surface area contributed by atoms with Gasteiger partial charge in [-0.2, -0.15) is 0 Å². The summed E-state index contributed by atoms with van der Waals surface area (Å²) >= 11 is 0. The van der Waals surface area contributed by atoms with E-state index in [1.807, 2.05) is 0 Å². The normalized spacial score (nSPS) is 15.1. The molecule has 0 radical (unpaired) electrons. The van der Waals surface area contributed by atoms with E-state index < -0.39 is 11.9 Å². The molecule has 0 aliphatic carbocycles. The number of fused-ring (bicyclic) bond motifs is 1. The van der Waals surface area contributed by atoms with Crippen LogP contribution in [0.25, 0.3) is 5.57 Å². The highest BCUT2D eigenvalue weighted by atomic mass is 16.6. The summed E-state index contributed by atoms with van der Waals surface area (Å²) in [5.41, 5.74) is 0.801. The van der Waals surface area contributed by atoms with Crippen molar-refractivity contribution in [3.63, 3.8) is 0 Å². The van der Waals surface area contributed by atoms with Crippen LogP contribution in [0.3, 0.4) is 0 Å². The van der Waals surface area contributed by atoms with Crippen LogP contribution in [-0.4, -0.2) is 31.9 Å². The third-order valence-electron chi connectivity index (χ3n) is 2.51. The number of methoxy groups -OCH3 is 2. The molecule has 0 N–H and O–H groups in total. The molecule has 0 fully saturated rings. The van der Waals surface area contributed by atoms with Crippen LogP contribution >= 0.6 is 0 Å². The van der Waals surface area contributed by atoms with E-state index in [4.69, 9.17) is 4.84 Å². The Kier molecular flexibility index (Phi) is 3.61. The number of nitrogens with zero attached hydrogens (tertiary/aromatic N) is 1. The van der Waals surface area contributed by atoms with Gasteiger partial charge in [-0.15, -0.1) is 0 Å². The molecule has 0 saturated heterocycles. The van der Waals surface area contributed by atoms with Crippen molar-refractivity contribution in [2.75, 3.05) is 14.2 Å². The Morgan fingerprint density at radius 2 is 1.95 bits per heavy atom. The Hall–Kier alpha value is -2.63. The van der Waals surface area contributed by atoms with Crippen molar-refractivity contribution in [1.29, 1.82) is 0 Å². The summed E-state index contributed by atoms with van der Waals surface area (Å²) in [4.78, 5) is 28.1. The van der Waals surface area contributed by atoms with Crippen molar-refractivity contribution in [3.05, 3.63) is 35.9 Å². The van der Waals surface area contributed by atoms with Gasteiger partial charge in [-0.25, -0.2) is 9.59 Å². The van der Waals surface area contributed by atoms with Gasteiger partial charge in [0, 0.05) is 17.2 Å². The predicted octanol–water partition coefficient (Wildman–Crippen LogP) is 1.16. The number of carbonyl (C=O) groups excluding carboxylic acids is 2. The fourth-order valence-electron chi connectivity index (χ4n) is 1.61. The zero-order valence-electron chi connectivity index (χ0n) is 10.4. The quantitative estimate of drug-likeness (QED) is 0.590. The molecule has 0 saturated carbocycles. The Morgan fingerprint density at radius 3 is 2.63 bits per heavy atom. The van der Waals surface area contributed by atoms with Gasteiger partial charge in [-0.1, -0.05) is 23.4 Å².